The van der Waals surface area contributed by atoms with Crippen molar-refractivity contribution in [1.29, 1.82) is 0 Å². The summed E-state index contributed by atoms with van der Waals surface area (Å²) in [6.07, 6.45) is -5.33. The Hall–Kier alpha value is -2.16. The fraction of sp³-hybridized carbons (Fsp3) is 0.333. The lowest BCUT2D eigenvalue weighted by atomic mass is 10.1. The smallest absolute Gasteiger partial charge is 0.419 e. The summed E-state index contributed by atoms with van der Waals surface area (Å²) in [6.45, 7) is -0.567. The van der Waals surface area contributed by atoms with E-state index >= 15 is 0 Å². The Labute approximate surface area is 116 Å². The fourth-order valence-corrected chi connectivity index (χ4v) is 1.55. The molecule has 0 fully saturated rings. The number of benzene rings is 1. The first kappa shape index (κ1) is 16.9. The molecule has 5 nitrogen and oxygen atoms in total. The maximum atomic E-state index is 13.7. The minimum absolute atomic E-state index is 0.359. The average molecular weight is 309 g/mol. The van der Waals surface area contributed by atoms with Crippen LogP contribution in [0, 0.1) is 5.82 Å². The van der Waals surface area contributed by atoms with Gasteiger partial charge in [0.15, 0.2) is 0 Å². The SMILES string of the molecule is O=C(N[C@H](CCO)C(=O)O)c1cccc(C(F)(F)F)c1F. The van der Waals surface area contributed by atoms with Gasteiger partial charge in [0.1, 0.15) is 11.9 Å². The number of carbonyl (C=O) groups excluding carboxylic acids is 1. The van der Waals surface area contributed by atoms with E-state index in [0.717, 1.165) is 12.1 Å². The molecule has 21 heavy (non-hydrogen) atoms. The van der Waals surface area contributed by atoms with Crippen LogP contribution in [0.5, 0.6) is 0 Å². The molecule has 0 saturated heterocycles. The van der Waals surface area contributed by atoms with Gasteiger partial charge in [0.2, 0.25) is 0 Å². The highest BCUT2D eigenvalue weighted by Crippen LogP contribution is 2.32. The van der Waals surface area contributed by atoms with Crippen LogP contribution in [0.25, 0.3) is 0 Å². The number of hydrogen-bond donors (Lipinski definition) is 3. The average Bonchev–Trinajstić information content (AvgIpc) is 2.36. The molecule has 116 valence electrons. The third kappa shape index (κ3) is 4.15. The summed E-state index contributed by atoms with van der Waals surface area (Å²) in [5.41, 5.74) is -2.54. The molecular formula is C12H11F4NO4. The van der Waals surface area contributed by atoms with Gasteiger partial charge in [-0.15, -0.1) is 0 Å². The molecule has 1 rings (SSSR count). The first-order valence-electron chi connectivity index (χ1n) is 5.68. The zero-order valence-corrected chi connectivity index (χ0v) is 10.4. The van der Waals surface area contributed by atoms with Crippen LogP contribution in [0.2, 0.25) is 0 Å². The summed E-state index contributed by atoms with van der Waals surface area (Å²) in [7, 11) is 0. The van der Waals surface area contributed by atoms with E-state index in [1.807, 2.05) is 5.32 Å². The molecule has 0 aromatic heterocycles. The third-order valence-corrected chi connectivity index (χ3v) is 2.57. The van der Waals surface area contributed by atoms with E-state index in [1.54, 1.807) is 0 Å². The third-order valence-electron chi connectivity index (χ3n) is 2.57. The number of carboxylic acids is 1. The second-order valence-corrected chi connectivity index (χ2v) is 4.04. The maximum absolute atomic E-state index is 13.7. The quantitative estimate of drug-likeness (QED) is 0.718. The van der Waals surface area contributed by atoms with Gasteiger partial charge in [0.05, 0.1) is 11.1 Å². The molecule has 1 atom stereocenters. The van der Waals surface area contributed by atoms with E-state index in [4.69, 9.17) is 10.2 Å². The molecule has 0 saturated carbocycles. The molecule has 1 aromatic carbocycles. The van der Waals surface area contributed by atoms with Crippen molar-refractivity contribution in [3.05, 3.63) is 35.1 Å². The van der Waals surface area contributed by atoms with Gasteiger partial charge in [0, 0.05) is 13.0 Å². The highest BCUT2D eigenvalue weighted by Gasteiger charge is 2.36. The lowest BCUT2D eigenvalue weighted by Gasteiger charge is -2.15. The summed E-state index contributed by atoms with van der Waals surface area (Å²) in [6, 6.07) is 0.575. The topological polar surface area (TPSA) is 86.6 Å². The first-order valence-corrected chi connectivity index (χ1v) is 5.68. The molecule has 0 spiro atoms. The monoisotopic (exact) mass is 309 g/mol. The Balaban J connectivity index is 3.06. The van der Waals surface area contributed by atoms with E-state index in [2.05, 4.69) is 0 Å². The number of carboxylic acid groups (broad SMARTS) is 1. The molecule has 1 aromatic rings. The number of alkyl halides is 3. The van der Waals surface area contributed by atoms with Gasteiger partial charge in [-0.05, 0) is 12.1 Å². The minimum atomic E-state index is -4.97. The zero-order valence-electron chi connectivity index (χ0n) is 10.4. The van der Waals surface area contributed by atoms with E-state index in [9.17, 15) is 27.2 Å². The first-order chi connectivity index (χ1) is 9.68. The van der Waals surface area contributed by atoms with Gasteiger partial charge in [0.25, 0.3) is 5.91 Å². The van der Waals surface area contributed by atoms with E-state index in [1.165, 1.54) is 0 Å². The fourth-order valence-electron chi connectivity index (χ4n) is 1.55. The number of hydrogen-bond acceptors (Lipinski definition) is 3. The summed E-state index contributed by atoms with van der Waals surface area (Å²) >= 11 is 0. The van der Waals surface area contributed by atoms with Gasteiger partial charge < -0.3 is 15.5 Å². The number of halogens is 4. The molecule has 0 bridgehead atoms. The number of aliphatic hydroxyl groups is 1. The van der Waals surface area contributed by atoms with Crippen LogP contribution in [0.4, 0.5) is 17.6 Å². The normalized spacial score (nSPS) is 12.8. The molecule has 0 radical (unpaired) electrons. The highest BCUT2D eigenvalue weighted by molar-refractivity contribution is 5.97. The Morgan fingerprint density at radius 2 is 1.90 bits per heavy atom. The van der Waals surface area contributed by atoms with E-state index in [0.29, 0.717) is 6.07 Å². The number of rotatable bonds is 5. The number of aliphatic hydroxyl groups excluding tert-OH is 1. The lowest BCUT2D eigenvalue weighted by molar-refractivity contribution is -0.140. The summed E-state index contributed by atoms with van der Waals surface area (Å²) in [5, 5.41) is 19.2. The Kier molecular flexibility index (Phi) is 5.25. The van der Waals surface area contributed by atoms with Crippen LogP contribution in [0.3, 0.4) is 0 Å². The molecule has 0 heterocycles. The van der Waals surface area contributed by atoms with Crippen LogP contribution in [-0.4, -0.2) is 34.7 Å². The molecule has 3 N–H and O–H groups in total. The van der Waals surface area contributed by atoms with Gasteiger partial charge in [-0.1, -0.05) is 6.07 Å². The van der Waals surface area contributed by atoms with Crippen molar-refractivity contribution in [2.24, 2.45) is 0 Å². The van der Waals surface area contributed by atoms with Crippen molar-refractivity contribution in [2.75, 3.05) is 6.61 Å². The summed E-state index contributed by atoms with van der Waals surface area (Å²) in [5.74, 6) is -4.58. The van der Waals surface area contributed by atoms with E-state index in [-0.39, 0.29) is 6.42 Å². The number of amides is 1. The molecule has 0 unspecified atom stereocenters. The highest BCUT2D eigenvalue weighted by atomic mass is 19.4. The van der Waals surface area contributed by atoms with Gasteiger partial charge in [-0.3, -0.25) is 4.79 Å². The van der Waals surface area contributed by atoms with Crippen molar-refractivity contribution in [2.45, 2.75) is 18.6 Å². The predicted octanol–water partition coefficient (Wildman–Crippen LogP) is 1.41. The van der Waals surface area contributed by atoms with Crippen LogP contribution >= 0.6 is 0 Å². The van der Waals surface area contributed by atoms with E-state index < -0.39 is 47.6 Å². The second-order valence-electron chi connectivity index (χ2n) is 4.04. The maximum Gasteiger partial charge on any atom is 0.419 e. The summed E-state index contributed by atoms with van der Waals surface area (Å²) < 4.78 is 51.2. The lowest BCUT2D eigenvalue weighted by Crippen LogP contribution is -2.41. The van der Waals surface area contributed by atoms with Gasteiger partial charge in [-0.25, -0.2) is 9.18 Å². The van der Waals surface area contributed by atoms with Gasteiger partial charge in [-0.2, -0.15) is 13.2 Å². The Morgan fingerprint density at radius 3 is 2.38 bits per heavy atom. The number of carbonyl (C=O) groups is 2. The Morgan fingerprint density at radius 1 is 1.29 bits per heavy atom. The zero-order chi connectivity index (χ0) is 16.2. The van der Waals surface area contributed by atoms with Gasteiger partial charge >= 0.3 is 12.1 Å². The largest absolute Gasteiger partial charge is 0.480 e. The van der Waals surface area contributed by atoms with Crippen LogP contribution in [0.1, 0.15) is 22.3 Å². The molecule has 1 amide bonds. The standard InChI is InChI=1S/C12H11F4NO4/c13-9-6(2-1-3-7(9)12(14,15)16)10(19)17-8(4-5-18)11(20)21/h1-3,8,18H,4-5H2,(H,17,19)(H,20,21)/t8-/m1/s1. The molecule has 0 aliphatic carbocycles. The summed E-state index contributed by atoms with van der Waals surface area (Å²) in [4.78, 5) is 22.4. The molecule has 0 aliphatic heterocycles. The predicted molar refractivity (Wildman–Crippen MR) is 62.0 cm³/mol. The van der Waals surface area contributed by atoms with Crippen molar-refractivity contribution in [1.82, 2.24) is 5.32 Å². The Bertz CT molecular complexity index is 545. The minimum Gasteiger partial charge on any atom is -0.480 e. The van der Waals surface area contributed by atoms with Crippen molar-refractivity contribution >= 4 is 11.9 Å². The van der Waals surface area contributed by atoms with Crippen molar-refractivity contribution in [3.8, 4) is 0 Å². The van der Waals surface area contributed by atoms with Crippen LogP contribution in [-0.2, 0) is 11.0 Å². The van der Waals surface area contributed by atoms with Crippen molar-refractivity contribution < 1.29 is 37.4 Å². The van der Waals surface area contributed by atoms with Crippen LogP contribution in [0.15, 0.2) is 18.2 Å². The number of nitrogens with one attached hydrogen (secondary N) is 1. The number of aliphatic carboxylic acids is 1. The molecule has 9 heteroatoms. The molecule has 0 aliphatic rings. The van der Waals surface area contributed by atoms with Crippen LogP contribution < -0.4 is 5.32 Å². The molecular weight excluding hydrogens is 298 g/mol. The second kappa shape index (κ2) is 6.53. The van der Waals surface area contributed by atoms with Crippen molar-refractivity contribution in [3.63, 3.8) is 0 Å².